The summed E-state index contributed by atoms with van der Waals surface area (Å²) in [6.07, 6.45) is 0.990. The van der Waals surface area contributed by atoms with Crippen molar-refractivity contribution in [1.82, 2.24) is 5.32 Å². The Morgan fingerprint density at radius 3 is 2.89 bits per heavy atom. The summed E-state index contributed by atoms with van der Waals surface area (Å²) in [5, 5.41) is 5.50. The second kappa shape index (κ2) is 5.56. The topological polar surface area (TPSA) is 21.3 Å². The summed E-state index contributed by atoms with van der Waals surface area (Å²) in [6, 6.07) is 6.54. The van der Waals surface area contributed by atoms with E-state index in [0.29, 0.717) is 0 Å². The first-order valence-electron chi connectivity index (χ1n) is 6.06. The Labute approximate surface area is 133 Å². The minimum atomic E-state index is 0.152. The first-order valence-corrected chi connectivity index (χ1v) is 8.52. The van der Waals surface area contributed by atoms with Crippen molar-refractivity contribution in [3.8, 4) is 5.75 Å². The molecule has 2 nitrogen and oxygen atoms in total. The summed E-state index contributed by atoms with van der Waals surface area (Å²) >= 11 is 8.97. The molecule has 2 aromatic rings. The highest BCUT2D eigenvalue weighted by atomic mass is 79.9. The zero-order valence-electron chi connectivity index (χ0n) is 10.4. The highest BCUT2D eigenvalue weighted by Gasteiger charge is 2.25. The molecule has 5 heteroatoms. The maximum absolute atomic E-state index is 5.83. The lowest BCUT2D eigenvalue weighted by molar-refractivity contribution is 0.351. The van der Waals surface area contributed by atoms with E-state index in [-0.39, 0.29) is 6.04 Å². The largest absolute Gasteiger partial charge is 0.493 e. The highest BCUT2D eigenvalue weighted by Crippen LogP contribution is 2.41. The van der Waals surface area contributed by atoms with Gasteiger partial charge in [0.15, 0.2) is 0 Å². The van der Waals surface area contributed by atoms with Gasteiger partial charge in [0.05, 0.1) is 12.6 Å². The van der Waals surface area contributed by atoms with Crippen molar-refractivity contribution < 1.29 is 4.74 Å². The summed E-state index contributed by atoms with van der Waals surface area (Å²) in [7, 11) is 1.99. The van der Waals surface area contributed by atoms with Crippen LogP contribution in [0.2, 0.25) is 0 Å². The van der Waals surface area contributed by atoms with E-state index in [9.17, 15) is 0 Å². The van der Waals surface area contributed by atoms with Crippen LogP contribution in [0.5, 0.6) is 5.75 Å². The maximum atomic E-state index is 5.83. The first-order chi connectivity index (χ1) is 9.20. The van der Waals surface area contributed by atoms with Crippen LogP contribution in [0.3, 0.4) is 0 Å². The SMILES string of the molecule is CNC(c1cc(Br)cc2c1OCC2)c1sccc1Br. The van der Waals surface area contributed by atoms with E-state index in [1.165, 1.54) is 16.0 Å². The second-order valence-electron chi connectivity index (χ2n) is 4.44. The van der Waals surface area contributed by atoms with Crippen LogP contribution >= 0.6 is 43.2 Å². The van der Waals surface area contributed by atoms with Crippen LogP contribution in [0.1, 0.15) is 22.0 Å². The Hall–Kier alpha value is -0.360. The molecule has 100 valence electrons. The fourth-order valence-corrected chi connectivity index (χ4v) is 4.70. The minimum absolute atomic E-state index is 0.152. The van der Waals surface area contributed by atoms with E-state index >= 15 is 0 Å². The third-order valence-corrected chi connectivity index (χ3v) is 5.68. The molecule has 0 aliphatic carbocycles. The molecule has 0 spiro atoms. The van der Waals surface area contributed by atoms with Gasteiger partial charge in [0.2, 0.25) is 0 Å². The van der Waals surface area contributed by atoms with E-state index < -0.39 is 0 Å². The van der Waals surface area contributed by atoms with Gasteiger partial charge in [0.1, 0.15) is 5.75 Å². The number of hydrogen-bond donors (Lipinski definition) is 1. The number of fused-ring (bicyclic) bond motifs is 1. The molecule has 1 aromatic heterocycles. The Balaban J connectivity index is 2.12. The van der Waals surface area contributed by atoms with Crippen LogP contribution in [-0.4, -0.2) is 13.7 Å². The van der Waals surface area contributed by atoms with E-state index in [1.54, 1.807) is 11.3 Å². The van der Waals surface area contributed by atoms with E-state index in [4.69, 9.17) is 4.74 Å². The number of benzene rings is 1. The average molecular weight is 403 g/mol. The predicted molar refractivity (Wildman–Crippen MR) is 86.3 cm³/mol. The molecule has 19 heavy (non-hydrogen) atoms. The molecule has 1 N–H and O–H groups in total. The highest BCUT2D eigenvalue weighted by molar-refractivity contribution is 9.10. The van der Waals surface area contributed by atoms with Gasteiger partial charge in [-0.3, -0.25) is 0 Å². The van der Waals surface area contributed by atoms with Gasteiger partial charge in [-0.25, -0.2) is 0 Å². The molecular formula is C14H13Br2NOS. The number of halogens is 2. The van der Waals surface area contributed by atoms with Crippen LogP contribution in [-0.2, 0) is 6.42 Å². The Bertz CT molecular complexity index is 611. The Morgan fingerprint density at radius 1 is 1.37 bits per heavy atom. The number of thiophene rings is 1. The van der Waals surface area contributed by atoms with Gasteiger partial charge in [-0.1, -0.05) is 15.9 Å². The lowest BCUT2D eigenvalue weighted by Gasteiger charge is -2.19. The van der Waals surface area contributed by atoms with Gasteiger partial charge in [0.25, 0.3) is 0 Å². The quantitative estimate of drug-likeness (QED) is 0.814. The standard InChI is InChI=1S/C14H13Br2NOS/c1-17-12(14-11(16)3-5-19-14)10-7-9(15)6-8-2-4-18-13(8)10/h3,5-7,12,17H,2,4H2,1H3. The predicted octanol–water partition coefficient (Wildman–Crippen LogP) is 4.52. The fraction of sp³-hybridized carbons (Fsp3) is 0.286. The first kappa shape index (κ1) is 13.6. The van der Waals surface area contributed by atoms with E-state index in [2.05, 4.69) is 60.8 Å². The van der Waals surface area contributed by atoms with Gasteiger partial charge in [-0.15, -0.1) is 11.3 Å². The summed E-state index contributed by atoms with van der Waals surface area (Å²) in [4.78, 5) is 1.28. The molecule has 1 aliphatic rings. The summed E-state index contributed by atoms with van der Waals surface area (Å²) in [5.41, 5.74) is 2.49. The van der Waals surface area contributed by atoms with Crippen LogP contribution in [0.25, 0.3) is 0 Å². The van der Waals surface area contributed by atoms with Gasteiger partial charge in [0, 0.05) is 25.8 Å². The van der Waals surface area contributed by atoms with Gasteiger partial charge in [-0.05, 0) is 52.1 Å². The Morgan fingerprint density at radius 2 is 2.21 bits per heavy atom. The molecule has 0 saturated heterocycles. The van der Waals surface area contributed by atoms with Crippen molar-refractivity contribution in [2.45, 2.75) is 12.5 Å². The maximum Gasteiger partial charge on any atom is 0.127 e. The molecule has 1 atom stereocenters. The number of nitrogens with one attached hydrogen (secondary N) is 1. The zero-order valence-corrected chi connectivity index (χ0v) is 14.4. The minimum Gasteiger partial charge on any atom is -0.493 e. The van der Waals surface area contributed by atoms with Crippen molar-refractivity contribution in [3.05, 3.63) is 48.5 Å². The lowest BCUT2D eigenvalue weighted by Crippen LogP contribution is -2.17. The molecule has 0 saturated carbocycles. The monoisotopic (exact) mass is 401 g/mol. The molecule has 3 rings (SSSR count). The molecule has 0 fully saturated rings. The number of hydrogen-bond acceptors (Lipinski definition) is 3. The van der Waals surface area contributed by atoms with E-state index in [0.717, 1.165) is 27.7 Å². The van der Waals surface area contributed by atoms with Crippen molar-refractivity contribution in [3.63, 3.8) is 0 Å². The third kappa shape index (κ3) is 2.49. The second-order valence-corrected chi connectivity index (χ2v) is 7.15. The van der Waals surface area contributed by atoms with Gasteiger partial charge < -0.3 is 10.1 Å². The average Bonchev–Trinajstić information content (AvgIpc) is 2.99. The zero-order chi connectivity index (χ0) is 13.4. The smallest absolute Gasteiger partial charge is 0.127 e. The molecule has 1 unspecified atom stereocenters. The summed E-state index contributed by atoms with van der Waals surface area (Å²) in [5.74, 6) is 1.04. The third-order valence-electron chi connectivity index (χ3n) is 3.28. The van der Waals surface area contributed by atoms with Gasteiger partial charge in [-0.2, -0.15) is 0 Å². The van der Waals surface area contributed by atoms with Crippen molar-refractivity contribution >= 4 is 43.2 Å². The summed E-state index contributed by atoms with van der Waals surface area (Å²) < 4.78 is 8.09. The van der Waals surface area contributed by atoms with Crippen LogP contribution in [0.15, 0.2) is 32.5 Å². The van der Waals surface area contributed by atoms with Crippen LogP contribution < -0.4 is 10.1 Å². The van der Waals surface area contributed by atoms with Gasteiger partial charge >= 0.3 is 0 Å². The molecule has 1 aliphatic heterocycles. The fourth-order valence-electron chi connectivity index (χ4n) is 2.45. The molecule has 1 aromatic carbocycles. The molecular weight excluding hydrogens is 390 g/mol. The van der Waals surface area contributed by atoms with Crippen molar-refractivity contribution in [2.24, 2.45) is 0 Å². The van der Waals surface area contributed by atoms with Crippen LogP contribution in [0, 0.1) is 0 Å². The lowest BCUT2D eigenvalue weighted by atomic mass is 10.0. The number of rotatable bonds is 3. The summed E-state index contributed by atoms with van der Waals surface area (Å²) in [6.45, 7) is 0.779. The van der Waals surface area contributed by atoms with Crippen molar-refractivity contribution in [2.75, 3.05) is 13.7 Å². The molecule has 0 amide bonds. The molecule has 0 bridgehead atoms. The van der Waals surface area contributed by atoms with Crippen molar-refractivity contribution in [1.29, 1.82) is 0 Å². The van der Waals surface area contributed by atoms with Crippen LogP contribution in [0.4, 0.5) is 0 Å². The normalized spacial score (nSPS) is 15.1. The Kier molecular flexibility index (Phi) is 3.98. The number of ether oxygens (including phenoxy) is 1. The molecule has 0 radical (unpaired) electrons. The molecule has 2 heterocycles. The van der Waals surface area contributed by atoms with E-state index in [1.807, 2.05) is 7.05 Å².